The lowest BCUT2D eigenvalue weighted by Crippen LogP contribution is -2.12. The lowest BCUT2D eigenvalue weighted by atomic mass is 9.86. The number of rotatable bonds is 2. The first-order chi connectivity index (χ1) is 6.05. The van der Waals surface area contributed by atoms with Crippen molar-refractivity contribution >= 4 is 11.6 Å². The summed E-state index contributed by atoms with van der Waals surface area (Å²) in [5.41, 5.74) is 1.29. The lowest BCUT2D eigenvalue weighted by Gasteiger charge is -2.21. The topological polar surface area (TPSA) is 9.23 Å². The molecule has 0 spiro atoms. The number of alkyl halides is 1. The fourth-order valence-electron chi connectivity index (χ4n) is 1.27. The van der Waals surface area contributed by atoms with Crippen LogP contribution in [0.1, 0.15) is 26.3 Å². The zero-order valence-corrected chi connectivity index (χ0v) is 9.06. The van der Waals surface area contributed by atoms with E-state index in [-0.39, 0.29) is 11.5 Å². The molecule has 0 aromatic heterocycles. The molecule has 0 bridgehead atoms. The summed E-state index contributed by atoms with van der Waals surface area (Å²) in [4.78, 5) is 0. The molecule has 72 valence electrons. The van der Waals surface area contributed by atoms with E-state index < -0.39 is 0 Å². The lowest BCUT2D eigenvalue weighted by molar-refractivity contribution is 0.373. The Labute approximate surface area is 84.7 Å². The molecule has 0 unspecified atom stereocenters. The van der Waals surface area contributed by atoms with Crippen LogP contribution in [0.5, 0.6) is 5.75 Å². The molecule has 1 rings (SSSR count). The van der Waals surface area contributed by atoms with Gasteiger partial charge in [0.2, 0.25) is 0 Å². The first-order valence-corrected chi connectivity index (χ1v) is 4.87. The van der Waals surface area contributed by atoms with E-state index in [0.717, 1.165) is 5.75 Å². The highest BCUT2D eigenvalue weighted by Gasteiger charge is 2.17. The van der Waals surface area contributed by atoms with Gasteiger partial charge in [0.25, 0.3) is 0 Å². The summed E-state index contributed by atoms with van der Waals surface area (Å²) >= 11 is 5.54. The Morgan fingerprint density at radius 3 is 2.38 bits per heavy atom. The van der Waals surface area contributed by atoms with E-state index in [2.05, 4.69) is 26.8 Å². The van der Waals surface area contributed by atoms with Gasteiger partial charge in [-0.3, -0.25) is 0 Å². The molecule has 0 aliphatic heterocycles. The number of hydrogen-bond acceptors (Lipinski definition) is 1. The zero-order valence-electron chi connectivity index (χ0n) is 8.30. The van der Waals surface area contributed by atoms with Crippen molar-refractivity contribution in [2.75, 3.05) is 6.07 Å². The molecule has 0 amide bonds. The summed E-state index contributed by atoms with van der Waals surface area (Å²) < 4.78 is 5.33. The minimum absolute atomic E-state index is 0.0999. The van der Waals surface area contributed by atoms with E-state index in [1.54, 1.807) is 0 Å². The third kappa shape index (κ3) is 2.63. The maximum Gasteiger partial charge on any atom is 0.162 e. The molecule has 0 radical (unpaired) electrons. The monoisotopic (exact) mass is 198 g/mol. The highest BCUT2D eigenvalue weighted by atomic mass is 35.5. The quantitative estimate of drug-likeness (QED) is 0.661. The Bertz CT molecular complexity index is 276. The second-order valence-corrected chi connectivity index (χ2v) is 4.22. The average molecular weight is 199 g/mol. The van der Waals surface area contributed by atoms with Crippen LogP contribution in [-0.4, -0.2) is 6.07 Å². The molecule has 1 aromatic carbocycles. The summed E-state index contributed by atoms with van der Waals surface area (Å²) in [5.74, 6) is 0.880. The first-order valence-electron chi connectivity index (χ1n) is 4.34. The van der Waals surface area contributed by atoms with Crippen molar-refractivity contribution in [2.45, 2.75) is 26.2 Å². The Morgan fingerprint density at radius 2 is 1.85 bits per heavy atom. The second-order valence-electron chi connectivity index (χ2n) is 4.00. The van der Waals surface area contributed by atoms with E-state index in [1.165, 1.54) is 5.56 Å². The highest BCUT2D eigenvalue weighted by molar-refractivity contribution is 6.17. The predicted octanol–water partition coefficient (Wildman–Crippen LogP) is 3.56. The van der Waals surface area contributed by atoms with Crippen molar-refractivity contribution < 1.29 is 4.74 Å². The number of ether oxygens (including phenoxy) is 1. The van der Waals surface area contributed by atoms with Gasteiger partial charge in [-0.1, -0.05) is 50.6 Å². The normalized spacial score (nSPS) is 11.4. The van der Waals surface area contributed by atoms with Crippen LogP contribution in [0.25, 0.3) is 0 Å². The number of halogens is 1. The van der Waals surface area contributed by atoms with E-state index in [9.17, 15) is 0 Å². The predicted molar refractivity (Wildman–Crippen MR) is 56.5 cm³/mol. The van der Waals surface area contributed by atoms with Gasteiger partial charge in [-0.2, -0.15) is 0 Å². The molecule has 0 atom stereocenters. The van der Waals surface area contributed by atoms with Crippen LogP contribution in [-0.2, 0) is 5.41 Å². The van der Waals surface area contributed by atoms with E-state index in [1.807, 2.05) is 18.2 Å². The van der Waals surface area contributed by atoms with Gasteiger partial charge in [-0.15, -0.1) is 0 Å². The van der Waals surface area contributed by atoms with Crippen LogP contribution in [0.4, 0.5) is 0 Å². The van der Waals surface area contributed by atoms with Crippen LogP contribution in [0, 0.1) is 0 Å². The standard InChI is InChI=1S/C11H15ClO/c1-11(2,3)9-6-4-5-7-10(9)13-8-12/h4-7H,8H2,1-3H3. The van der Waals surface area contributed by atoms with Gasteiger partial charge in [-0.05, 0) is 17.0 Å². The van der Waals surface area contributed by atoms with Crippen LogP contribution in [0.2, 0.25) is 0 Å². The average Bonchev–Trinajstić information content (AvgIpc) is 2.04. The molecular formula is C11H15ClO. The van der Waals surface area contributed by atoms with Gasteiger partial charge in [-0.25, -0.2) is 0 Å². The molecule has 1 nitrogen and oxygen atoms in total. The van der Waals surface area contributed by atoms with Gasteiger partial charge in [0.15, 0.2) is 6.07 Å². The summed E-state index contributed by atoms with van der Waals surface area (Å²) in [6.45, 7) is 6.47. The van der Waals surface area contributed by atoms with Gasteiger partial charge in [0, 0.05) is 0 Å². The molecule has 1 aromatic rings. The first kappa shape index (κ1) is 10.4. The van der Waals surface area contributed by atoms with Crippen LogP contribution < -0.4 is 4.74 Å². The number of hydrogen-bond donors (Lipinski definition) is 0. The summed E-state index contributed by atoms with van der Waals surface area (Å²) in [5, 5.41) is 0. The molecule has 13 heavy (non-hydrogen) atoms. The van der Waals surface area contributed by atoms with Crippen LogP contribution in [0.15, 0.2) is 24.3 Å². The molecule has 0 saturated heterocycles. The maximum absolute atomic E-state index is 5.54. The molecule has 0 heterocycles. The Kier molecular flexibility index (Phi) is 3.21. The van der Waals surface area contributed by atoms with Crippen molar-refractivity contribution in [1.82, 2.24) is 0 Å². The van der Waals surface area contributed by atoms with Crippen molar-refractivity contribution in [1.29, 1.82) is 0 Å². The largest absolute Gasteiger partial charge is 0.478 e. The molecule has 0 aliphatic rings. The summed E-state index contributed by atoms with van der Waals surface area (Å²) in [6, 6.07) is 8.19. The van der Waals surface area contributed by atoms with Gasteiger partial charge in [0.05, 0.1) is 0 Å². The van der Waals surface area contributed by atoms with Gasteiger partial charge < -0.3 is 4.74 Å². The maximum atomic E-state index is 5.54. The fourth-order valence-corrected chi connectivity index (χ4v) is 1.39. The Morgan fingerprint density at radius 1 is 1.23 bits per heavy atom. The van der Waals surface area contributed by atoms with Crippen molar-refractivity contribution in [3.8, 4) is 5.75 Å². The third-order valence-electron chi connectivity index (χ3n) is 1.91. The SMILES string of the molecule is CC(C)(C)c1ccccc1OCCl. The third-order valence-corrected chi connectivity index (χ3v) is 2.01. The van der Waals surface area contributed by atoms with Crippen LogP contribution in [0.3, 0.4) is 0 Å². The minimum atomic E-state index is 0.0999. The van der Waals surface area contributed by atoms with Crippen LogP contribution >= 0.6 is 11.6 Å². The molecule has 0 N–H and O–H groups in total. The number of para-hydroxylation sites is 1. The second kappa shape index (κ2) is 4.01. The van der Waals surface area contributed by atoms with E-state index in [4.69, 9.17) is 16.3 Å². The molecular weight excluding hydrogens is 184 g/mol. The molecule has 0 aliphatic carbocycles. The Hall–Kier alpha value is -0.690. The van der Waals surface area contributed by atoms with Gasteiger partial charge in [0.1, 0.15) is 5.75 Å². The van der Waals surface area contributed by atoms with E-state index in [0.29, 0.717) is 0 Å². The Balaban J connectivity index is 3.05. The summed E-state index contributed by atoms with van der Waals surface area (Å²) in [6.07, 6.45) is 0. The smallest absolute Gasteiger partial charge is 0.162 e. The van der Waals surface area contributed by atoms with E-state index >= 15 is 0 Å². The molecule has 0 fully saturated rings. The van der Waals surface area contributed by atoms with Crippen molar-refractivity contribution in [2.24, 2.45) is 0 Å². The zero-order chi connectivity index (χ0) is 9.90. The van der Waals surface area contributed by atoms with Crippen molar-refractivity contribution in [3.05, 3.63) is 29.8 Å². The van der Waals surface area contributed by atoms with Gasteiger partial charge >= 0.3 is 0 Å². The van der Waals surface area contributed by atoms with Crippen molar-refractivity contribution in [3.63, 3.8) is 0 Å². The fraction of sp³-hybridized carbons (Fsp3) is 0.455. The summed E-state index contributed by atoms with van der Waals surface area (Å²) in [7, 11) is 0. The number of benzene rings is 1. The molecule has 2 heteroatoms. The molecule has 0 saturated carbocycles. The minimum Gasteiger partial charge on any atom is -0.478 e. The highest BCUT2D eigenvalue weighted by Crippen LogP contribution is 2.30.